The Morgan fingerprint density at radius 2 is 2.07 bits per heavy atom. The van der Waals surface area contributed by atoms with Gasteiger partial charge in [0.15, 0.2) is 0 Å². The predicted octanol–water partition coefficient (Wildman–Crippen LogP) is 1.31. The number of benzene rings is 1. The summed E-state index contributed by atoms with van der Waals surface area (Å²) in [4.78, 5) is 3.94. The zero-order valence-electron chi connectivity index (χ0n) is 8.07. The van der Waals surface area contributed by atoms with E-state index in [2.05, 4.69) is 15.2 Å². The van der Waals surface area contributed by atoms with Gasteiger partial charge in [0.05, 0.1) is 0 Å². The second-order valence-electron chi connectivity index (χ2n) is 3.23. The smallest absolute Gasteiger partial charge is 0.239 e. The maximum absolute atomic E-state index is 13.2. The van der Waals surface area contributed by atoms with Gasteiger partial charge in [-0.05, 0) is 18.1 Å². The molecule has 0 radical (unpaired) electrons. The van der Waals surface area contributed by atoms with Gasteiger partial charge in [-0.15, -0.1) is 5.10 Å². The number of H-pyrrole nitrogens is 1. The Morgan fingerprint density at radius 3 is 2.73 bits per heavy atom. The van der Waals surface area contributed by atoms with Crippen molar-refractivity contribution in [3.05, 3.63) is 41.5 Å². The van der Waals surface area contributed by atoms with E-state index in [9.17, 15) is 4.39 Å². The predicted molar refractivity (Wildman–Crippen MR) is 54.6 cm³/mol. The highest BCUT2D eigenvalue weighted by atomic mass is 19.1. The molecule has 3 N–H and O–H groups in total. The Hall–Kier alpha value is -1.91. The van der Waals surface area contributed by atoms with Crippen molar-refractivity contribution in [1.82, 2.24) is 15.2 Å². The fourth-order valence-electron chi connectivity index (χ4n) is 1.38. The van der Waals surface area contributed by atoms with Crippen molar-refractivity contribution in [3.8, 4) is 0 Å². The topological polar surface area (TPSA) is 67.6 Å². The molecule has 2 aromatic rings. The van der Waals surface area contributed by atoms with E-state index in [-0.39, 0.29) is 11.8 Å². The molecular formula is C10H11FN4. The Morgan fingerprint density at radius 1 is 1.27 bits per heavy atom. The van der Waals surface area contributed by atoms with Crippen molar-refractivity contribution in [1.29, 1.82) is 0 Å². The number of nitrogens with two attached hydrogens (primary N) is 1. The number of aryl methyl sites for hydroxylation is 2. The minimum atomic E-state index is -0.190. The Kier molecular flexibility index (Phi) is 2.62. The molecule has 2 rings (SSSR count). The quantitative estimate of drug-likeness (QED) is 0.795. The van der Waals surface area contributed by atoms with Gasteiger partial charge in [-0.2, -0.15) is 4.98 Å². The van der Waals surface area contributed by atoms with Gasteiger partial charge in [-0.1, -0.05) is 18.2 Å². The normalized spacial score (nSPS) is 10.5. The number of nitrogen functional groups attached to an aromatic ring is 1. The van der Waals surface area contributed by atoms with Crippen molar-refractivity contribution in [2.24, 2.45) is 0 Å². The molecule has 0 bridgehead atoms. The van der Waals surface area contributed by atoms with Crippen LogP contribution in [-0.2, 0) is 12.8 Å². The monoisotopic (exact) mass is 206 g/mol. The molecule has 0 atom stereocenters. The summed E-state index contributed by atoms with van der Waals surface area (Å²) < 4.78 is 13.2. The van der Waals surface area contributed by atoms with Gasteiger partial charge in [0.25, 0.3) is 0 Å². The van der Waals surface area contributed by atoms with E-state index < -0.39 is 0 Å². The second kappa shape index (κ2) is 4.08. The maximum Gasteiger partial charge on any atom is 0.239 e. The lowest BCUT2D eigenvalue weighted by Crippen LogP contribution is -1.96. The molecule has 15 heavy (non-hydrogen) atoms. The molecule has 0 aliphatic rings. The van der Waals surface area contributed by atoms with E-state index in [1.807, 2.05) is 6.07 Å². The van der Waals surface area contributed by atoms with E-state index in [0.717, 1.165) is 0 Å². The molecule has 0 saturated heterocycles. The fraction of sp³-hybridized carbons (Fsp3) is 0.200. The summed E-state index contributed by atoms with van der Waals surface area (Å²) in [6.45, 7) is 0. The number of nitrogens with zero attached hydrogens (tertiary/aromatic N) is 2. The molecule has 1 aromatic heterocycles. The summed E-state index contributed by atoms with van der Waals surface area (Å²) in [7, 11) is 0. The molecule has 1 heterocycles. The second-order valence-corrected chi connectivity index (χ2v) is 3.23. The first kappa shape index (κ1) is 9.64. The Balaban J connectivity index is 2.02. The number of halogens is 1. The van der Waals surface area contributed by atoms with Gasteiger partial charge in [0.1, 0.15) is 11.6 Å². The number of hydrogen-bond donors (Lipinski definition) is 2. The van der Waals surface area contributed by atoms with Crippen LogP contribution >= 0.6 is 0 Å². The molecule has 0 aliphatic heterocycles. The number of rotatable bonds is 3. The zero-order chi connectivity index (χ0) is 10.7. The molecule has 5 heteroatoms. The summed E-state index contributed by atoms with van der Waals surface area (Å²) in [5, 5.41) is 6.39. The van der Waals surface area contributed by atoms with Crippen molar-refractivity contribution < 1.29 is 4.39 Å². The van der Waals surface area contributed by atoms with Crippen molar-refractivity contribution >= 4 is 5.95 Å². The summed E-state index contributed by atoms with van der Waals surface area (Å²) in [5.74, 6) is 0.708. The van der Waals surface area contributed by atoms with Crippen LogP contribution in [0.25, 0.3) is 0 Å². The number of anilines is 1. The van der Waals surface area contributed by atoms with Crippen LogP contribution in [0.5, 0.6) is 0 Å². The van der Waals surface area contributed by atoms with Crippen molar-refractivity contribution in [2.75, 3.05) is 5.73 Å². The van der Waals surface area contributed by atoms with E-state index >= 15 is 0 Å². The van der Waals surface area contributed by atoms with Gasteiger partial charge < -0.3 is 5.73 Å². The largest absolute Gasteiger partial charge is 0.367 e. The maximum atomic E-state index is 13.2. The van der Waals surface area contributed by atoms with Gasteiger partial charge in [-0.3, -0.25) is 5.10 Å². The summed E-state index contributed by atoms with van der Waals surface area (Å²) in [5.41, 5.74) is 6.02. The van der Waals surface area contributed by atoms with E-state index in [0.29, 0.717) is 24.2 Å². The van der Waals surface area contributed by atoms with Crippen LogP contribution in [0.2, 0.25) is 0 Å². The van der Waals surface area contributed by atoms with Crippen molar-refractivity contribution in [2.45, 2.75) is 12.8 Å². The lowest BCUT2D eigenvalue weighted by molar-refractivity contribution is 0.607. The molecule has 4 nitrogen and oxygen atoms in total. The zero-order valence-corrected chi connectivity index (χ0v) is 8.07. The highest BCUT2D eigenvalue weighted by molar-refractivity contribution is 5.19. The standard InChI is InChI=1S/C10H11FN4/c11-8-4-2-1-3-7(8)5-6-9-13-10(12)15-14-9/h1-4H,5-6H2,(H3,12,13,14,15). The lowest BCUT2D eigenvalue weighted by atomic mass is 10.1. The highest BCUT2D eigenvalue weighted by Crippen LogP contribution is 2.09. The van der Waals surface area contributed by atoms with Crippen LogP contribution in [0.3, 0.4) is 0 Å². The first-order valence-electron chi connectivity index (χ1n) is 4.66. The number of nitrogens with one attached hydrogen (secondary N) is 1. The van der Waals surface area contributed by atoms with Gasteiger partial charge in [0.2, 0.25) is 5.95 Å². The first-order valence-corrected chi connectivity index (χ1v) is 4.66. The minimum Gasteiger partial charge on any atom is -0.367 e. The number of aromatic amines is 1. The molecule has 0 spiro atoms. The average Bonchev–Trinajstić information content (AvgIpc) is 2.63. The molecule has 78 valence electrons. The van der Waals surface area contributed by atoms with Gasteiger partial charge in [-0.25, -0.2) is 4.39 Å². The molecule has 0 unspecified atom stereocenters. The lowest BCUT2D eigenvalue weighted by Gasteiger charge is -2.00. The molecule has 1 aromatic carbocycles. The first-order chi connectivity index (χ1) is 7.25. The Labute approximate surface area is 86.3 Å². The van der Waals surface area contributed by atoms with E-state index in [1.165, 1.54) is 6.07 Å². The molecule has 0 amide bonds. The van der Waals surface area contributed by atoms with E-state index in [4.69, 9.17) is 5.73 Å². The number of hydrogen-bond acceptors (Lipinski definition) is 3. The van der Waals surface area contributed by atoms with Crippen LogP contribution in [-0.4, -0.2) is 15.2 Å². The van der Waals surface area contributed by atoms with Crippen LogP contribution in [0.1, 0.15) is 11.4 Å². The third kappa shape index (κ3) is 2.31. The highest BCUT2D eigenvalue weighted by Gasteiger charge is 2.03. The van der Waals surface area contributed by atoms with Crippen LogP contribution in [0.15, 0.2) is 24.3 Å². The summed E-state index contributed by atoms with van der Waals surface area (Å²) >= 11 is 0. The summed E-state index contributed by atoms with van der Waals surface area (Å²) in [6.07, 6.45) is 1.19. The Bertz CT molecular complexity index is 452. The minimum absolute atomic E-state index is 0.190. The third-order valence-electron chi connectivity index (χ3n) is 2.14. The van der Waals surface area contributed by atoms with Crippen molar-refractivity contribution in [3.63, 3.8) is 0 Å². The summed E-state index contributed by atoms with van der Waals surface area (Å²) in [6, 6.07) is 6.69. The van der Waals surface area contributed by atoms with Gasteiger partial charge in [0, 0.05) is 6.42 Å². The SMILES string of the molecule is Nc1n[nH]c(CCc2ccccc2F)n1. The molecular weight excluding hydrogens is 195 g/mol. The third-order valence-corrected chi connectivity index (χ3v) is 2.14. The average molecular weight is 206 g/mol. The number of aromatic nitrogens is 3. The molecule has 0 saturated carbocycles. The fourth-order valence-corrected chi connectivity index (χ4v) is 1.38. The van der Waals surface area contributed by atoms with Gasteiger partial charge >= 0.3 is 0 Å². The van der Waals surface area contributed by atoms with Crippen LogP contribution < -0.4 is 5.73 Å². The molecule has 0 fully saturated rings. The van der Waals surface area contributed by atoms with Crippen LogP contribution in [0.4, 0.5) is 10.3 Å². The molecule has 0 aliphatic carbocycles. The van der Waals surface area contributed by atoms with Crippen LogP contribution in [0, 0.1) is 5.82 Å². The van der Waals surface area contributed by atoms with E-state index in [1.54, 1.807) is 12.1 Å².